The van der Waals surface area contributed by atoms with Crippen molar-refractivity contribution < 1.29 is 23.5 Å². The van der Waals surface area contributed by atoms with Gasteiger partial charge >= 0.3 is 0 Å². The van der Waals surface area contributed by atoms with Gasteiger partial charge in [-0.05, 0) is 41.8 Å². The molecular formula is C26H26N4O5S. The average molecular weight is 507 g/mol. The van der Waals surface area contributed by atoms with Gasteiger partial charge in [0.25, 0.3) is 6.01 Å². The molecule has 186 valence electrons. The highest BCUT2D eigenvalue weighted by Crippen LogP contribution is 2.31. The summed E-state index contributed by atoms with van der Waals surface area (Å²) in [5.74, 6) is 0. The number of H-pyrrole nitrogens is 1. The molecule has 2 aliphatic heterocycles. The van der Waals surface area contributed by atoms with Crippen LogP contribution < -0.4 is 4.74 Å². The zero-order chi connectivity index (χ0) is 25.0. The molecule has 9 nitrogen and oxygen atoms in total. The van der Waals surface area contributed by atoms with Crippen LogP contribution in [0.1, 0.15) is 5.56 Å². The minimum Gasteiger partial charge on any atom is -0.456 e. The lowest BCUT2D eigenvalue weighted by atomic mass is 10.0. The number of pyridine rings is 1. The number of benzene rings is 2. The summed E-state index contributed by atoms with van der Waals surface area (Å²) in [4.78, 5) is 13.0. The molecule has 0 spiro atoms. The third kappa shape index (κ3) is 4.16. The van der Waals surface area contributed by atoms with E-state index in [0.717, 1.165) is 33.5 Å². The second kappa shape index (κ2) is 8.67. The van der Waals surface area contributed by atoms with Gasteiger partial charge in [0.05, 0.1) is 34.2 Å². The normalized spacial score (nSPS) is 25.1. The molecular weight excluding hydrogens is 480 g/mol. The van der Waals surface area contributed by atoms with Gasteiger partial charge in [-0.15, -0.1) is 0 Å². The number of aliphatic hydroxyl groups excluding tert-OH is 1. The number of nitrogens with zero attached hydrogens (tertiary/aromatic N) is 2. The number of fused-ring (bicyclic) bond motifs is 2. The molecule has 2 fully saturated rings. The summed E-state index contributed by atoms with van der Waals surface area (Å²) < 4.78 is 36.9. The number of rotatable bonds is 5. The molecule has 0 bridgehead atoms. The molecule has 2 aromatic heterocycles. The second-order valence-electron chi connectivity index (χ2n) is 9.33. The minimum absolute atomic E-state index is 0.245. The highest BCUT2D eigenvalue weighted by Gasteiger charge is 2.48. The summed E-state index contributed by atoms with van der Waals surface area (Å²) in [5, 5.41) is 9.93. The Balaban J connectivity index is 1.23. The van der Waals surface area contributed by atoms with Crippen molar-refractivity contribution in [3.8, 4) is 28.4 Å². The van der Waals surface area contributed by atoms with Gasteiger partial charge in [0.15, 0.2) is 11.8 Å². The molecule has 2 saturated heterocycles. The maximum atomic E-state index is 11.9. The van der Waals surface area contributed by atoms with E-state index in [9.17, 15) is 9.32 Å². The second-order valence-corrected chi connectivity index (χ2v) is 11.5. The molecule has 2 aliphatic rings. The lowest BCUT2D eigenvalue weighted by Gasteiger charge is -2.15. The van der Waals surface area contributed by atoms with E-state index in [0.29, 0.717) is 23.2 Å². The maximum absolute atomic E-state index is 11.9. The molecule has 2 aromatic carbocycles. The first-order valence-corrected chi connectivity index (χ1v) is 13.6. The van der Waals surface area contributed by atoms with Gasteiger partial charge < -0.3 is 24.3 Å². The zero-order valence-electron chi connectivity index (χ0n) is 19.8. The van der Waals surface area contributed by atoms with Crippen molar-refractivity contribution in [2.24, 2.45) is 0 Å². The number of aliphatic hydroxyl groups is 1. The predicted molar refractivity (Wildman–Crippen MR) is 134 cm³/mol. The Labute approximate surface area is 208 Å². The first-order valence-electron chi connectivity index (χ1n) is 11.7. The highest BCUT2D eigenvalue weighted by atomic mass is 32.2. The fourth-order valence-electron chi connectivity index (χ4n) is 4.78. The van der Waals surface area contributed by atoms with E-state index in [1.165, 1.54) is 6.26 Å². The van der Waals surface area contributed by atoms with E-state index in [1.54, 1.807) is 12.1 Å². The van der Waals surface area contributed by atoms with Crippen molar-refractivity contribution in [2.45, 2.75) is 36.2 Å². The molecule has 0 saturated carbocycles. The Morgan fingerprint density at radius 2 is 1.64 bits per heavy atom. The van der Waals surface area contributed by atoms with Crippen LogP contribution >= 0.6 is 0 Å². The van der Waals surface area contributed by atoms with Crippen LogP contribution in [0, 0.1) is 11.7 Å². The molecule has 0 aliphatic carbocycles. The maximum Gasteiger partial charge on any atom is 0.296 e. The van der Waals surface area contributed by atoms with Crippen molar-refractivity contribution in [3.05, 3.63) is 60.2 Å². The number of imidazole rings is 1. The SMILES string of the molecule is Cc1cc2[nH]c(O[C@@H]3COC4C3OC[C@H]4O)nc2nc1-c1ccc(-c2ccc(S(C)(=N)=O)cc2)cc1. The van der Waals surface area contributed by atoms with E-state index >= 15 is 0 Å². The fraction of sp³-hybridized carbons (Fsp3) is 0.308. The average Bonchev–Trinajstić information content (AvgIpc) is 3.55. The van der Waals surface area contributed by atoms with Crippen LogP contribution in [0.15, 0.2) is 59.5 Å². The summed E-state index contributed by atoms with van der Waals surface area (Å²) in [6.07, 6.45) is -0.232. The number of ether oxygens (including phenoxy) is 3. The Bertz CT molecular complexity index is 1530. The Morgan fingerprint density at radius 3 is 2.33 bits per heavy atom. The van der Waals surface area contributed by atoms with Gasteiger partial charge in [-0.1, -0.05) is 36.4 Å². The molecule has 0 radical (unpaired) electrons. The molecule has 3 N–H and O–H groups in total. The van der Waals surface area contributed by atoms with Gasteiger partial charge in [-0.3, -0.25) is 0 Å². The Hall–Kier alpha value is -3.31. The summed E-state index contributed by atoms with van der Waals surface area (Å²) >= 11 is 0. The van der Waals surface area contributed by atoms with Crippen LogP contribution in [0.4, 0.5) is 0 Å². The summed E-state index contributed by atoms with van der Waals surface area (Å²) in [6, 6.07) is 17.7. The van der Waals surface area contributed by atoms with Crippen molar-refractivity contribution >= 4 is 20.9 Å². The molecule has 36 heavy (non-hydrogen) atoms. The molecule has 3 unspecified atom stereocenters. The molecule has 4 heterocycles. The van der Waals surface area contributed by atoms with Crippen molar-refractivity contribution in [1.29, 1.82) is 4.78 Å². The number of aromatic nitrogens is 3. The number of aromatic amines is 1. The number of hydrogen-bond acceptors (Lipinski definition) is 8. The molecule has 4 aromatic rings. The Morgan fingerprint density at radius 1 is 1.00 bits per heavy atom. The number of hydrogen-bond donors (Lipinski definition) is 3. The largest absolute Gasteiger partial charge is 0.456 e. The fourth-order valence-corrected chi connectivity index (χ4v) is 5.44. The van der Waals surface area contributed by atoms with Gasteiger partial charge in [-0.25, -0.2) is 14.0 Å². The minimum atomic E-state index is -2.73. The Kier molecular flexibility index (Phi) is 5.56. The summed E-state index contributed by atoms with van der Waals surface area (Å²) in [6.45, 7) is 2.58. The van der Waals surface area contributed by atoms with Crippen LogP contribution in [-0.2, 0) is 19.2 Å². The van der Waals surface area contributed by atoms with Gasteiger partial charge in [0, 0.05) is 16.7 Å². The summed E-state index contributed by atoms with van der Waals surface area (Å²) in [7, 11) is -2.73. The summed E-state index contributed by atoms with van der Waals surface area (Å²) in [5.41, 5.74) is 6.11. The quantitative estimate of drug-likeness (QED) is 0.377. The lowest BCUT2D eigenvalue weighted by molar-refractivity contribution is 0.00706. The van der Waals surface area contributed by atoms with Gasteiger partial charge in [0.2, 0.25) is 0 Å². The third-order valence-corrected chi connectivity index (χ3v) is 7.85. The predicted octanol–water partition coefficient (Wildman–Crippen LogP) is 3.54. The van der Waals surface area contributed by atoms with Crippen molar-refractivity contribution in [3.63, 3.8) is 0 Å². The van der Waals surface area contributed by atoms with Crippen LogP contribution in [-0.4, -0.2) is 68.2 Å². The topological polar surface area (TPSA) is 130 Å². The van der Waals surface area contributed by atoms with Crippen molar-refractivity contribution in [1.82, 2.24) is 15.0 Å². The number of nitrogens with one attached hydrogen (secondary N) is 2. The molecule has 0 amide bonds. The number of aryl methyl sites for hydroxylation is 1. The van der Waals surface area contributed by atoms with E-state index in [2.05, 4.69) is 9.97 Å². The van der Waals surface area contributed by atoms with Crippen LogP contribution in [0.25, 0.3) is 33.5 Å². The zero-order valence-corrected chi connectivity index (χ0v) is 20.6. The lowest BCUT2D eigenvalue weighted by Crippen LogP contribution is -2.34. The van der Waals surface area contributed by atoms with E-state index < -0.39 is 15.8 Å². The van der Waals surface area contributed by atoms with Crippen LogP contribution in [0.2, 0.25) is 0 Å². The van der Waals surface area contributed by atoms with Crippen LogP contribution in [0.3, 0.4) is 0 Å². The van der Waals surface area contributed by atoms with E-state index in [-0.39, 0.29) is 24.9 Å². The molecule has 6 rings (SSSR count). The first kappa shape index (κ1) is 23.1. The highest BCUT2D eigenvalue weighted by molar-refractivity contribution is 7.91. The van der Waals surface area contributed by atoms with Gasteiger partial charge in [-0.2, -0.15) is 4.98 Å². The van der Waals surface area contributed by atoms with Gasteiger partial charge in [0.1, 0.15) is 18.3 Å². The smallest absolute Gasteiger partial charge is 0.296 e. The monoisotopic (exact) mass is 506 g/mol. The third-order valence-electron chi connectivity index (χ3n) is 6.68. The van der Waals surface area contributed by atoms with Crippen LogP contribution in [0.5, 0.6) is 6.01 Å². The van der Waals surface area contributed by atoms with E-state index in [1.807, 2.05) is 49.4 Å². The molecule has 5 atom stereocenters. The van der Waals surface area contributed by atoms with E-state index in [4.69, 9.17) is 24.0 Å². The molecule has 10 heteroatoms. The first-order chi connectivity index (χ1) is 17.3. The van der Waals surface area contributed by atoms with Crippen molar-refractivity contribution in [2.75, 3.05) is 19.5 Å². The standard InChI is InChI=1S/C26H26N4O5S/c1-14-11-19-25(30-26(28-19)35-21-13-34-23-20(31)12-33-24(21)23)29-22(14)17-5-3-15(4-6-17)16-7-9-18(10-8-16)36(2,27)32/h3-11,20-21,23-24,27,31H,12-13H2,1-2H3,(H,28,29,30)/t20-,21-,23?,24?,36?/m1/s1.